The summed E-state index contributed by atoms with van der Waals surface area (Å²) in [5.74, 6) is -1.31. The van der Waals surface area contributed by atoms with Gasteiger partial charge >= 0.3 is 5.97 Å². The number of nitrogens with zero attached hydrogens (tertiary/aromatic N) is 3. The Morgan fingerprint density at radius 2 is 1.81 bits per heavy atom. The van der Waals surface area contributed by atoms with Crippen LogP contribution in [0.2, 0.25) is 0 Å². The van der Waals surface area contributed by atoms with Gasteiger partial charge in [-0.1, -0.05) is 0 Å². The maximum atomic E-state index is 12.5. The van der Waals surface area contributed by atoms with Crippen LogP contribution in [0, 0.1) is 0 Å². The summed E-state index contributed by atoms with van der Waals surface area (Å²) in [5.41, 5.74) is 0.401. The minimum absolute atomic E-state index is 0.00164. The van der Waals surface area contributed by atoms with E-state index < -0.39 is 28.5 Å². The first kappa shape index (κ1) is 18.9. The topological polar surface area (TPSA) is 119 Å². The molecule has 0 spiro atoms. The van der Waals surface area contributed by atoms with Gasteiger partial charge in [0.1, 0.15) is 0 Å². The minimum Gasteiger partial charge on any atom is -0.451 e. The molecule has 2 heterocycles. The molecule has 1 saturated heterocycles. The molecule has 2 aromatic rings. The summed E-state index contributed by atoms with van der Waals surface area (Å²) >= 11 is 0. The third-order valence-corrected chi connectivity index (χ3v) is 5.86. The molecule has 3 rings (SSSR count). The number of nitrogens with one attached hydrogen (secondary N) is 1. The van der Waals surface area contributed by atoms with Gasteiger partial charge in [-0.3, -0.25) is 9.78 Å². The van der Waals surface area contributed by atoms with Crippen molar-refractivity contribution in [2.75, 3.05) is 25.0 Å². The maximum absolute atomic E-state index is 12.5. The zero-order valence-electron chi connectivity index (χ0n) is 14.4. The first-order valence-corrected chi connectivity index (χ1v) is 9.74. The molecule has 1 N–H and O–H groups in total. The van der Waals surface area contributed by atoms with Crippen molar-refractivity contribution in [1.29, 1.82) is 0 Å². The van der Waals surface area contributed by atoms with Gasteiger partial charge in [0.05, 0.1) is 11.1 Å². The standard InChI is InChI=1S/C17H18N4O5S/c22-16(12-26-17(23)15-11-18-7-8-19-15)20-13-3-5-14(6-4-13)27(24,25)21-9-1-2-10-21/h3-8,11H,1-2,9-10,12H2,(H,20,22). The number of aromatic nitrogens is 2. The second-order valence-electron chi connectivity index (χ2n) is 5.85. The Morgan fingerprint density at radius 3 is 2.44 bits per heavy atom. The predicted octanol–water partition coefficient (Wildman–Crippen LogP) is 1.06. The average molecular weight is 390 g/mol. The van der Waals surface area contributed by atoms with Gasteiger partial charge in [-0.05, 0) is 37.1 Å². The van der Waals surface area contributed by atoms with E-state index in [0.717, 1.165) is 12.8 Å². The molecule has 0 saturated carbocycles. The van der Waals surface area contributed by atoms with Crippen molar-refractivity contribution in [1.82, 2.24) is 14.3 Å². The number of hydrogen-bond donors (Lipinski definition) is 1. The summed E-state index contributed by atoms with van der Waals surface area (Å²) in [7, 11) is -3.50. The van der Waals surface area contributed by atoms with Gasteiger partial charge in [-0.15, -0.1) is 0 Å². The van der Waals surface area contributed by atoms with Crippen LogP contribution >= 0.6 is 0 Å². The highest BCUT2D eigenvalue weighted by atomic mass is 32.2. The number of rotatable bonds is 6. The van der Waals surface area contributed by atoms with Crippen molar-refractivity contribution in [2.24, 2.45) is 0 Å². The lowest BCUT2D eigenvalue weighted by Gasteiger charge is -2.15. The van der Waals surface area contributed by atoms with E-state index in [9.17, 15) is 18.0 Å². The zero-order valence-corrected chi connectivity index (χ0v) is 15.2. The van der Waals surface area contributed by atoms with E-state index in [1.165, 1.54) is 47.2 Å². The molecule has 10 heteroatoms. The lowest BCUT2D eigenvalue weighted by molar-refractivity contribution is -0.119. The van der Waals surface area contributed by atoms with Crippen LogP contribution in [0.4, 0.5) is 5.69 Å². The molecule has 0 unspecified atom stereocenters. The van der Waals surface area contributed by atoms with Gasteiger partial charge in [-0.25, -0.2) is 18.2 Å². The molecule has 1 aromatic carbocycles. The first-order valence-electron chi connectivity index (χ1n) is 8.30. The number of sulfonamides is 1. The average Bonchev–Trinajstić information content (AvgIpc) is 3.23. The van der Waals surface area contributed by atoms with Crippen LogP contribution in [0.5, 0.6) is 0 Å². The summed E-state index contributed by atoms with van der Waals surface area (Å²) in [6.45, 7) is 0.555. The van der Waals surface area contributed by atoms with Crippen molar-refractivity contribution in [3.8, 4) is 0 Å². The molecule has 0 bridgehead atoms. The Morgan fingerprint density at radius 1 is 1.11 bits per heavy atom. The van der Waals surface area contributed by atoms with Crippen LogP contribution in [0.15, 0.2) is 47.8 Å². The summed E-state index contributed by atoms with van der Waals surface area (Å²) in [5, 5.41) is 2.54. The highest BCUT2D eigenvalue weighted by Crippen LogP contribution is 2.22. The highest BCUT2D eigenvalue weighted by Gasteiger charge is 2.26. The summed E-state index contributed by atoms with van der Waals surface area (Å²) in [4.78, 5) is 31.3. The molecule has 142 valence electrons. The third-order valence-electron chi connectivity index (χ3n) is 3.95. The van der Waals surface area contributed by atoms with E-state index in [0.29, 0.717) is 18.8 Å². The van der Waals surface area contributed by atoms with Crippen LogP contribution in [0.25, 0.3) is 0 Å². The quantitative estimate of drug-likeness (QED) is 0.733. The van der Waals surface area contributed by atoms with Crippen molar-refractivity contribution >= 4 is 27.6 Å². The van der Waals surface area contributed by atoms with Crippen molar-refractivity contribution in [3.63, 3.8) is 0 Å². The van der Waals surface area contributed by atoms with Crippen LogP contribution in [-0.4, -0.2) is 54.3 Å². The highest BCUT2D eigenvalue weighted by molar-refractivity contribution is 7.89. The van der Waals surface area contributed by atoms with E-state index in [4.69, 9.17) is 4.74 Å². The van der Waals surface area contributed by atoms with Gasteiger partial charge in [-0.2, -0.15) is 4.31 Å². The number of benzene rings is 1. The van der Waals surface area contributed by atoms with E-state index >= 15 is 0 Å². The third kappa shape index (κ3) is 4.66. The normalized spacial score (nSPS) is 14.7. The molecule has 1 aliphatic heterocycles. The van der Waals surface area contributed by atoms with Gasteiger partial charge in [0.2, 0.25) is 10.0 Å². The zero-order chi connectivity index (χ0) is 19.3. The van der Waals surface area contributed by atoms with Crippen LogP contribution in [0.3, 0.4) is 0 Å². The lowest BCUT2D eigenvalue weighted by Crippen LogP contribution is -2.27. The Hall–Kier alpha value is -2.85. The number of ether oxygens (including phenoxy) is 1. The van der Waals surface area contributed by atoms with E-state index in [1.807, 2.05) is 0 Å². The van der Waals surface area contributed by atoms with Gasteiger partial charge in [0.15, 0.2) is 12.3 Å². The van der Waals surface area contributed by atoms with Crippen LogP contribution in [-0.2, 0) is 19.6 Å². The van der Waals surface area contributed by atoms with Gasteiger partial charge < -0.3 is 10.1 Å². The molecule has 0 atom stereocenters. The fraction of sp³-hybridized carbons (Fsp3) is 0.294. The van der Waals surface area contributed by atoms with Crippen molar-refractivity contribution in [3.05, 3.63) is 48.5 Å². The fourth-order valence-electron chi connectivity index (χ4n) is 2.59. The smallest absolute Gasteiger partial charge is 0.359 e. The van der Waals surface area contributed by atoms with Crippen molar-refractivity contribution in [2.45, 2.75) is 17.7 Å². The largest absolute Gasteiger partial charge is 0.451 e. The molecule has 1 aliphatic rings. The first-order chi connectivity index (χ1) is 13.0. The van der Waals surface area contributed by atoms with E-state index in [1.54, 1.807) is 0 Å². The summed E-state index contributed by atoms with van der Waals surface area (Å²) in [6, 6.07) is 5.86. The molecule has 27 heavy (non-hydrogen) atoms. The molecule has 0 radical (unpaired) electrons. The number of anilines is 1. The second kappa shape index (κ2) is 8.23. The Kier molecular flexibility index (Phi) is 5.77. The molecule has 9 nitrogen and oxygen atoms in total. The minimum atomic E-state index is -3.50. The van der Waals surface area contributed by atoms with E-state index in [2.05, 4.69) is 15.3 Å². The lowest BCUT2D eigenvalue weighted by atomic mass is 10.3. The summed E-state index contributed by atoms with van der Waals surface area (Å²) < 4.78 is 31.2. The van der Waals surface area contributed by atoms with E-state index in [-0.39, 0.29) is 10.6 Å². The monoisotopic (exact) mass is 390 g/mol. The maximum Gasteiger partial charge on any atom is 0.359 e. The Labute approximate surface area is 156 Å². The van der Waals surface area contributed by atoms with Crippen LogP contribution in [0.1, 0.15) is 23.3 Å². The Bertz CT molecular complexity index is 910. The SMILES string of the molecule is O=C(COC(=O)c1cnccn1)Nc1ccc(S(=O)(=O)N2CCCC2)cc1. The summed E-state index contributed by atoms with van der Waals surface area (Å²) in [6.07, 6.45) is 5.71. The molecule has 1 aromatic heterocycles. The molecule has 1 amide bonds. The van der Waals surface area contributed by atoms with Crippen molar-refractivity contribution < 1.29 is 22.7 Å². The molecule has 1 fully saturated rings. The van der Waals surface area contributed by atoms with Gasteiger partial charge in [0, 0.05) is 31.2 Å². The number of carbonyl (C=O) groups excluding carboxylic acids is 2. The number of amides is 1. The van der Waals surface area contributed by atoms with Crippen LogP contribution < -0.4 is 5.32 Å². The van der Waals surface area contributed by atoms with Gasteiger partial charge in [0.25, 0.3) is 5.91 Å². The fourth-order valence-corrected chi connectivity index (χ4v) is 4.11. The number of hydrogen-bond acceptors (Lipinski definition) is 7. The Balaban J connectivity index is 1.55. The molecular formula is C17H18N4O5S. The number of carbonyl (C=O) groups is 2. The second-order valence-corrected chi connectivity index (χ2v) is 7.79. The molecule has 0 aliphatic carbocycles. The molecular weight excluding hydrogens is 372 g/mol. The number of esters is 1. The predicted molar refractivity (Wildman–Crippen MR) is 95.4 cm³/mol.